The summed E-state index contributed by atoms with van der Waals surface area (Å²) in [5.74, 6) is 2.05. The molecule has 3 rings (SSSR count). The molecule has 2 heterocycles. The molecule has 1 aliphatic heterocycles. The van der Waals surface area contributed by atoms with Gasteiger partial charge in [0, 0.05) is 43.4 Å². The number of hydrogen-bond donors (Lipinski definition) is 0. The average Bonchev–Trinajstić information content (AvgIpc) is 3.06. The highest BCUT2D eigenvalue weighted by Gasteiger charge is 2.25. The van der Waals surface area contributed by atoms with Gasteiger partial charge in [-0.2, -0.15) is 4.98 Å². The van der Waals surface area contributed by atoms with Gasteiger partial charge in [0.25, 0.3) is 0 Å². The molecule has 0 radical (unpaired) electrons. The zero-order valence-corrected chi connectivity index (χ0v) is 15.0. The molecule has 24 heavy (non-hydrogen) atoms. The van der Waals surface area contributed by atoms with E-state index in [1.807, 2.05) is 37.3 Å². The predicted molar refractivity (Wildman–Crippen MR) is 93.2 cm³/mol. The third-order valence-corrected chi connectivity index (χ3v) is 5.81. The number of nitrogens with zero attached hydrogens (tertiary/aromatic N) is 4. The molecule has 130 valence electrons. The summed E-state index contributed by atoms with van der Waals surface area (Å²) < 4.78 is 17.6. The summed E-state index contributed by atoms with van der Waals surface area (Å²) in [4.78, 5) is 9.97. The number of piperazine rings is 1. The summed E-state index contributed by atoms with van der Waals surface area (Å²) in [6.07, 6.45) is 0. The first-order valence-electron chi connectivity index (χ1n) is 8.33. The minimum Gasteiger partial charge on any atom is -0.338 e. The van der Waals surface area contributed by atoms with E-state index in [4.69, 9.17) is 4.52 Å². The van der Waals surface area contributed by atoms with Gasteiger partial charge in [-0.25, -0.2) is 0 Å². The normalized spacial score (nSPS) is 19.2. The Hall–Kier alpha value is -1.57. The molecule has 1 saturated heterocycles. The lowest BCUT2D eigenvalue weighted by Gasteiger charge is -2.36. The van der Waals surface area contributed by atoms with Gasteiger partial charge >= 0.3 is 0 Å². The standard InChI is InChI=1S/C17H24N4O2S/c1-14(17-18-15(2)19-23-17)21-10-8-20(9-11-21)12-13-24(22)16-6-4-3-5-7-16/h3-7,14H,8-13H2,1-2H3/t14-,24-/m0/s1. The zero-order chi connectivity index (χ0) is 16.9. The fourth-order valence-corrected chi connectivity index (χ4v) is 4.04. The molecule has 2 aromatic rings. The van der Waals surface area contributed by atoms with Gasteiger partial charge in [0.05, 0.1) is 16.8 Å². The van der Waals surface area contributed by atoms with Crippen LogP contribution in [-0.2, 0) is 10.8 Å². The SMILES string of the molecule is Cc1noc([C@H](C)N2CCN(CC[S@](=O)c3ccccc3)CC2)n1. The van der Waals surface area contributed by atoms with Crippen molar-refractivity contribution in [2.24, 2.45) is 0 Å². The van der Waals surface area contributed by atoms with Gasteiger partial charge in [0.1, 0.15) is 0 Å². The summed E-state index contributed by atoms with van der Waals surface area (Å²) in [7, 11) is -0.918. The van der Waals surface area contributed by atoms with Crippen molar-refractivity contribution >= 4 is 10.8 Å². The first kappa shape index (κ1) is 17.3. The maximum atomic E-state index is 12.3. The van der Waals surface area contributed by atoms with Crippen LogP contribution >= 0.6 is 0 Å². The Bertz CT molecular complexity index is 668. The smallest absolute Gasteiger partial charge is 0.243 e. The molecule has 0 amide bonds. The minimum atomic E-state index is -0.918. The second-order valence-electron chi connectivity index (χ2n) is 6.10. The van der Waals surface area contributed by atoms with E-state index in [1.54, 1.807) is 0 Å². The zero-order valence-electron chi connectivity index (χ0n) is 14.2. The van der Waals surface area contributed by atoms with Crippen LogP contribution in [0.5, 0.6) is 0 Å². The van der Waals surface area contributed by atoms with E-state index in [0.717, 1.165) is 37.6 Å². The van der Waals surface area contributed by atoms with Gasteiger partial charge in [-0.1, -0.05) is 23.4 Å². The van der Waals surface area contributed by atoms with E-state index >= 15 is 0 Å². The van der Waals surface area contributed by atoms with E-state index in [2.05, 4.69) is 26.9 Å². The first-order valence-corrected chi connectivity index (χ1v) is 9.65. The molecule has 0 N–H and O–H groups in total. The molecular formula is C17H24N4O2S. The van der Waals surface area contributed by atoms with Crippen LogP contribution in [0.1, 0.15) is 24.7 Å². The number of rotatable bonds is 6. The van der Waals surface area contributed by atoms with E-state index < -0.39 is 10.8 Å². The van der Waals surface area contributed by atoms with Gasteiger partial charge in [-0.3, -0.25) is 14.0 Å². The van der Waals surface area contributed by atoms with Crippen LogP contribution in [0.15, 0.2) is 39.8 Å². The first-order chi connectivity index (χ1) is 11.6. The summed E-state index contributed by atoms with van der Waals surface area (Å²) in [6, 6.07) is 9.84. The maximum absolute atomic E-state index is 12.3. The lowest BCUT2D eigenvalue weighted by molar-refractivity contribution is 0.0918. The van der Waals surface area contributed by atoms with Crippen molar-refractivity contribution in [2.75, 3.05) is 38.5 Å². The average molecular weight is 348 g/mol. The van der Waals surface area contributed by atoms with Gasteiger partial charge in [-0.05, 0) is 26.0 Å². The largest absolute Gasteiger partial charge is 0.338 e. The molecule has 1 fully saturated rings. The van der Waals surface area contributed by atoms with Crippen molar-refractivity contribution in [1.82, 2.24) is 19.9 Å². The molecule has 1 aromatic heterocycles. The van der Waals surface area contributed by atoms with Crippen molar-refractivity contribution in [2.45, 2.75) is 24.8 Å². The Morgan fingerprint density at radius 3 is 2.54 bits per heavy atom. The van der Waals surface area contributed by atoms with Gasteiger partial charge in [0.15, 0.2) is 5.82 Å². The van der Waals surface area contributed by atoms with Crippen LogP contribution in [0.3, 0.4) is 0 Å². The van der Waals surface area contributed by atoms with E-state index in [-0.39, 0.29) is 6.04 Å². The van der Waals surface area contributed by atoms with Gasteiger partial charge < -0.3 is 4.52 Å². The Labute approximate surface area is 145 Å². The number of aryl methyl sites for hydroxylation is 1. The lowest BCUT2D eigenvalue weighted by atomic mass is 10.2. The molecule has 0 aliphatic carbocycles. The molecule has 1 aromatic carbocycles. The Morgan fingerprint density at radius 2 is 1.92 bits per heavy atom. The predicted octanol–water partition coefficient (Wildman–Crippen LogP) is 1.86. The monoisotopic (exact) mass is 348 g/mol. The van der Waals surface area contributed by atoms with Crippen molar-refractivity contribution in [3.05, 3.63) is 42.0 Å². The highest BCUT2D eigenvalue weighted by atomic mass is 32.2. The van der Waals surface area contributed by atoms with Crippen LogP contribution in [0.2, 0.25) is 0 Å². The Kier molecular flexibility index (Phi) is 5.76. The van der Waals surface area contributed by atoms with Crippen molar-refractivity contribution in [3.8, 4) is 0 Å². The van der Waals surface area contributed by atoms with Crippen molar-refractivity contribution in [3.63, 3.8) is 0 Å². The topological polar surface area (TPSA) is 62.5 Å². The van der Waals surface area contributed by atoms with Crippen molar-refractivity contribution in [1.29, 1.82) is 0 Å². The van der Waals surface area contributed by atoms with E-state index in [1.165, 1.54) is 0 Å². The molecule has 0 bridgehead atoms. The Morgan fingerprint density at radius 1 is 1.21 bits per heavy atom. The van der Waals surface area contributed by atoms with Crippen molar-refractivity contribution < 1.29 is 8.73 Å². The second-order valence-corrected chi connectivity index (χ2v) is 7.67. The molecule has 0 saturated carbocycles. The minimum absolute atomic E-state index is 0.145. The number of hydrogen-bond acceptors (Lipinski definition) is 6. The quantitative estimate of drug-likeness (QED) is 0.794. The number of aromatic nitrogens is 2. The third kappa shape index (κ3) is 4.28. The molecule has 6 nitrogen and oxygen atoms in total. The Balaban J connectivity index is 1.44. The van der Waals surface area contributed by atoms with Gasteiger partial charge in [0.2, 0.25) is 5.89 Å². The summed E-state index contributed by atoms with van der Waals surface area (Å²) in [5, 5.41) is 3.87. The van der Waals surface area contributed by atoms with Crippen LogP contribution in [-0.4, -0.2) is 62.6 Å². The van der Waals surface area contributed by atoms with Crippen LogP contribution in [0.25, 0.3) is 0 Å². The summed E-state index contributed by atoms with van der Waals surface area (Å²) >= 11 is 0. The molecular weight excluding hydrogens is 324 g/mol. The third-order valence-electron chi connectivity index (χ3n) is 4.45. The lowest BCUT2D eigenvalue weighted by Crippen LogP contribution is -2.48. The van der Waals surface area contributed by atoms with E-state index in [0.29, 0.717) is 17.5 Å². The number of benzene rings is 1. The fraction of sp³-hybridized carbons (Fsp3) is 0.529. The van der Waals surface area contributed by atoms with Crippen LogP contribution in [0, 0.1) is 6.92 Å². The molecule has 1 aliphatic rings. The van der Waals surface area contributed by atoms with Crippen LogP contribution in [0.4, 0.5) is 0 Å². The maximum Gasteiger partial charge on any atom is 0.243 e. The fourth-order valence-electron chi connectivity index (χ4n) is 2.92. The van der Waals surface area contributed by atoms with E-state index in [9.17, 15) is 4.21 Å². The molecule has 7 heteroatoms. The summed E-state index contributed by atoms with van der Waals surface area (Å²) in [6.45, 7) is 8.68. The summed E-state index contributed by atoms with van der Waals surface area (Å²) in [5.41, 5.74) is 0. The highest BCUT2D eigenvalue weighted by Crippen LogP contribution is 2.20. The second kappa shape index (κ2) is 8.00. The molecule has 0 unspecified atom stereocenters. The molecule has 0 spiro atoms. The highest BCUT2D eigenvalue weighted by molar-refractivity contribution is 7.85. The van der Waals surface area contributed by atoms with Crippen LogP contribution < -0.4 is 0 Å². The molecule has 2 atom stereocenters. The van der Waals surface area contributed by atoms with Gasteiger partial charge in [-0.15, -0.1) is 0 Å².